The zero-order valence-electron chi connectivity index (χ0n) is 14.2. The minimum Gasteiger partial charge on any atom is -0.454 e. The fourth-order valence-electron chi connectivity index (χ4n) is 2.50. The Morgan fingerprint density at radius 1 is 1.19 bits per heavy atom. The van der Waals surface area contributed by atoms with Gasteiger partial charge in [0, 0.05) is 23.3 Å². The predicted octanol–water partition coefficient (Wildman–Crippen LogP) is 3.87. The van der Waals surface area contributed by atoms with Crippen LogP contribution in [0.25, 0.3) is 6.08 Å². The third-order valence-electron chi connectivity index (χ3n) is 3.70. The average Bonchev–Trinajstić information content (AvgIpc) is 3.07. The van der Waals surface area contributed by atoms with Gasteiger partial charge in [0.2, 0.25) is 12.7 Å². The number of carbonyl (C=O) groups is 2. The van der Waals surface area contributed by atoms with E-state index in [0.29, 0.717) is 17.1 Å². The number of alkyl halides is 2. The Morgan fingerprint density at radius 2 is 1.89 bits per heavy atom. The Labute approximate surface area is 153 Å². The molecule has 0 bridgehead atoms. The number of hydrogen-bond acceptors (Lipinski definition) is 5. The van der Waals surface area contributed by atoms with Gasteiger partial charge in [0.05, 0.1) is 5.69 Å². The molecule has 0 atom stereocenters. The first-order valence-corrected chi connectivity index (χ1v) is 7.91. The van der Waals surface area contributed by atoms with E-state index in [9.17, 15) is 18.4 Å². The summed E-state index contributed by atoms with van der Waals surface area (Å²) >= 11 is 0. The van der Waals surface area contributed by atoms with Crippen molar-refractivity contribution in [1.82, 2.24) is 0 Å². The van der Waals surface area contributed by atoms with Crippen LogP contribution in [0, 0.1) is 0 Å². The molecule has 3 rings (SSSR count). The third kappa shape index (κ3) is 4.41. The number of rotatable bonds is 6. The molecule has 1 N–H and O–H groups in total. The van der Waals surface area contributed by atoms with E-state index in [1.54, 1.807) is 12.1 Å². The van der Waals surface area contributed by atoms with Crippen LogP contribution < -0.4 is 19.5 Å². The molecule has 0 saturated heterocycles. The number of fused-ring (bicyclic) bond motifs is 1. The standard InChI is InChI=1S/C19H15F2NO5/c1-11(23)13-8-16-17(26-10-25-16)9-14(13)22-18(24)7-6-12-4-2-3-5-15(12)27-19(20)21/h2-9,19H,10H2,1H3,(H,22,24)/b7-6+. The summed E-state index contributed by atoms with van der Waals surface area (Å²) in [6.07, 6.45) is 2.50. The van der Waals surface area contributed by atoms with Crippen LogP contribution in [0.5, 0.6) is 17.2 Å². The van der Waals surface area contributed by atoms with Crippen LogP contribution >= 0.6 is 0 Å². The monoisotopic (exact) mass is 375 g/mol. The lowest BCUT2D eigenvalue weighted by atomic mass is 10.1. The number of ketones is 1. The number of halogens is 2. The molecule has 0 aliphatic carbocycles. The molecule has 0 unspecified atom stereocenters. The molecule has 140 valence electrons. The first-order valence-electron chi connectivity index (χ1n) is 7.91. The fourth-order valence-corrected chi connectivity index (χ4v) is 2.50. The summed E-state index contributed by atoms with van der Waals surface area (Å²) in [6.45, 7) is -1.58. The van der Waals surface area contributed by atoms with E-state index in [4.69, 9.17) is 9.47 Å². The minimum atomic E-state index is -2.97. The number of benzene rings is 2. The van der Waals surface area contributed by atoms with Gasteiger partial charge in [-0.25, -0.2) is 0 Å². The molecular formula is C19H15F2NO5. The summed E-state index contributed by atoms with van der Waals surface area (Å²) in [4.78, 5) is 24.0. The van der Waals surface area contributed by atoms with Gasteiger partial charge in [0.25, 0.3) is 0 Å². The van der Waals surface area contributed by atoms with Gasteiger partial charge in [0.15, 0.2) is 17.3 Å². The molecule has 0 aromatic heterocycles. The van der Waals surface area contributed by atoms with Crippen molar-refractivity contribution in [3.05, 3.63) is 53.6 Å². The van der Waals surface area contributed by atoms with E-state index >= 15 is 0 Å². The Hall–Kier alpha value is -3.42. The molecule has 27 heavy (non-hydrogen) atoms. The molecular weight excluding hydrogens is 360 g/mol. The van der Waals surface area contributed by atoms with Gasteiger partial charge in [-0.3, -0.25) is 9.59 Å². The first-order chi connectivity index (χ1) is 12.9. The second kappa shape index (κ2) is 7.86. The number of nitrogens with one attached hydrogen (secondary N) is 1. The number of hydrogen-bond donors (Lipinski definition) is 1. The fraction of sp³-hybridized carbons (Fsp3) is 0.158. The van der Waals surface area contributed by atoms with E-state index in [0.717, 1.165) is 6.08 Å². The summed E-state index contributed by atoms with van der Waals surface area (Å²) < 4.78 is 39.7. The molecule has 1 aliphatic heterocycles. The van der Waals surface area contributed by atoms with Crippen molar-refractivity contribution >= 4 is 23.5 Å². The highest BCUT2D eigenvalue weighted by Gasteiger charge is 2.20. The van der Waals surface area contributed by atoms with Crippen molar-refractivity contribution in [3.8, 4) is 17.2 Å². The Morgan fingerprint density at radius 3 is 2.59 bits per heavy atom. The normalized spacial score (nSPS) is 12.4. The third-order valence-corrected chi connectivity index (χ3v) is 3.70. The van der Waals surface area contributed by atoms with E-state index in [1.165, 1.54) is 37.3 Å². The Bertz CT molecular complexity index is 911. The average molecular weight is 375 g/mol. The van der Waals surface area contributed by atoms with Gasteiger partial charge >= 0.3 is 6.61 Å². The van der Waals surface area contributed by atoms with Crippen molar-refractivity contribution in [2.45, 2.75) is 13.5 Å². The highest BCUT2D eigenvalue weighted by Crippen LogP contribution is 2.37. The van der Waals surface area contributed by atoms with E-state index in [2.05, 4.69) is 10.1 Å². The zero-order valence-corrected chi connectivity index (χ0v) is 14.2. The summed E-state index contributed by atoms with van der Waals surface area (Å²) in [5.41, 5.74) is 0.839. The van der Waals surface area contributed by atoms with Crippen molar-refractivity contribution in [1.29, 1.82) is 0 Å². The number of Topliss-reactive ketones (excluding diaryl/α,β-unsaturated/α-hetero) is 1. The summed E-state index contributed by atoms with van der Waals surface area (Å²) in [5, 5.41) is 2.58. The molecule has 0 saturated carbocycles. The van der Waals surface area contributed by atoms with E-state index < -0.39 is 12.5 Å². The highest BCUT2D eigenvalue weighted by molar-refractivity contribution is 6.08. The van der Waals surface area contributed by atoms with Crippen molar-refractivity contribution in [2.75, 3.05) is 12.1 Å². The maximum Gasteiger partial charge on any atom is 0.387 e. The first kappa shape index (κ1) is 18.4. The molecule has 2 aromatic rings. The molecule has 6 nitrogen and oxygen atoms in total. The second-order valence-electron chi connectivity index (χ2n) is 5.55. The van der Waals surface area contributed by atoms with Crippen molar-refractivity contribution in [2.24, 2.45) is 0 Å². The second-order valence-corrected chi connectivity index (χ2v) is 5.55. The zero-order chi connectivity index (χ0) is 19.4. The quantitative estimate of drug-likeness (QED) is 0.613. The SMILES string of the molecule is CC(=O)c1cc2c(cc1NC(=O)/C=C/c1ccccc1OC(F)F)OCO2. The Balaban J connectivity index is 1.79. The number of ether oxygens (including phenoxy) is 3. The number of carbonyl (C=O) groups excluding carboxylic acids is 2. The lowest BCUT2D eigenvalue weighted by Gasteiger charge is -2.09. The molecule has 1 heterocycles. The topological polar surface area (TPSA) is 73.9 Å². The molecule has 0 radical (unpaired) electrons. The van der Waals surface area contributed by atoms with Gasteiger partial charge in [0.1, 0.15) is 5.75 Å². The van der Waals surface area contributed by atoms with Crippen LogP contribution in [0.4, 0.5) is 14.5 Å². The molecule has 0 spiro atoms. The van der Waals surface area contributed by atoms with Crippen LogP contribution in [0.3, 0.4) is 0 Å². The van der Waals surface area contributed by atoms with Crippen LogP contribution in [-0.4, -0.2) is 25.1 Å². The van der Waals surface area contributed by atoms with Crippen molar-refractivity contribution in [3.63, 3.8) is 0 Å². The number of para-hydroxylation sites is 1. The molecule has 2 aromatic carbocycles. The van der Waals surface area contributed by atoms with E-state index in [1.807, 2.05) is 0 Å². The minimum absolute atomic E-state index is 0.0326. The van der Waals surface area contributed by atoms with Crippen LogP contribution in [-0.2, 0) is 4.79 Å². The van der Waals surface area contributed by atoms with Gasteiger partial charge in [-0.2, -0.15) is 8.78 Å². The van der Waals surface area contributed by atoms with Crippen LogP contribution in [0.15, 0.2) is 42.5 Å². The molecule has 1 aliphatic rings. The van der Waals surface area contributed by atoms with E-state index in [-0.39, 0.29) is 29.6 Å². The number of anilines is 1. The van der Waals surface area contributed by atoms with Crippen LogP contribution in [0.2, 0.25) is 0 Å². The lowest BCUT2D eigenvalue weighted by Crippen LogP contribution is -2.11. The largest absolute Gasteiger partial charge is 0.454 e. The highest BCUT2D eigenvalue weighted by atomic mass is 19.3. The summed E-state index contributed by atoms with van der Waals surface area (Å²) in [7, 11) is 0. The molecule has 8 heteroatoms. The Kier molecular flexibility index (Phi) is 5.35. The van der Waals surface area contributed by atoms with Gasteiger partial charge in [-0.15, -0.1) is 0 Å². The molecule has 1 amide bonds. The van der Waals surface area contributed by atoms with Gasteiger partial charge in [-0.05, 0) is 25.1 Å². The number of amides is 1. The predicted molar refractivity (Wildman–Crippen MR) is 93.3 cm³/mol. The van der Waals surface area contributed by atoms with Crippen molar-refractivity contribution < 1.29 is 32.6 Å². The van der Waals surface area contributed by atoms with Gasteiger partial charge < -0.3 is 19.5 Å². The summed E-state index contributed by atoms with van der Waals surface area (Å²) in [6, 6.07) is 9.06. The van der Waals surface area contributed by atoms with Gasteiger partial charge in [-0.1, -0.05) is 18.2 Å². The smallest absolute Gasteiger partial charge is 0.387 e. The lowest BCUT2D eigenvalue weighted by molar-refractivity contribution is -0.111. The van der Waals surface area contributed by atoms with Crippen LogP contribution in [0.1, 0.15) is 22.8 Å². The molecule has 0 fully saturated rings. The maximum atomic E-state index is 12.4. The maximum absolute atomic E-state index is 12.4. The summed E-state index contributed by atoms with van der Waals surface area (Å²) in [5.74, 6) is -0.0303.